The van der Waals surface area contributed by atoms with Gasteiger partial charge in [0.25, 0.3) is 0 Å². The molecule has 0 fully saturated rings. The number of fused-ring (bicyclic) bond motifs is 1. The second-order valence-corrected chi connectivity index (χ2v) is 8.19. The van der Waals surface area contributed by atoms with Crippen LogP contribution in [-0.4, -0.2) is 30.6 Å². The number of benzene rings is 2. The van der Waals surface area contributed by atoms with E-state index in [1.807, 2.05) is 0 Å². The minimum Gasteiger partial charge on any atom is -0.385 e. The van der Waals surface area contributed by atoms with E-state index in [-0.39, 0.29) is 22.3 Å². The summed E-state index contributed by atoms with van der Waals surface area (Å²) in [6.07, 6.45) is -6.04. The van der Waals surface area contributed by atoms with E-state index in [1.54, 1.807) is 6.07 Å². The summed E-state index contributed by atoms with van der Waals surface area (Å²) in [6, 6.07) is 6.52. The van der Waals surface area contributed by atoms with Crippen molar-refractivity contribution in [3.8, 4) is 6.07 Å². The van der Waals surface area contributed by atoms with Gasteiger partial charge >= 0.3 is 5.76 Å². The summed E-state index contributed by atoms with van der Waals surface area (Å²) in [5.41, 5.74) is -0.916. The molecular weight excluding hydrogens is 402 g/mol. The molecule has 0 aliphatic heterocycles. The molecule has 2 N–H and O–H groups in total. The summed E-state index contributed by atoms with van der Waals surface area (Å²) in [4.78, 5) is -0.918. The largest absolute Gasteiger partial charge is 0.385 e. The highest BCUT2D eigenvalue weighted by Crippen LogP contribution is 2.43. The van der Waals surface area contributed by atoms with Crippen molar-refractivity contribution in [2.45, 2.75) is 35.5 Å². The highest BCUT2D eigenvalue weighted by Gasteiger charge is 2.41. The number of nitrogens with zero attached hydrogens (tertiary/aromatic N) is 1. The molecule has 3 atom stereocenters. The molecule has 0 aromatic heterocycles. The lowest BCUT2D eigenvalue weighted by molar-refractivity contribution is 0.0906. The maximum Gasteiger partial charge on any atom is 0.341 e. The molecule has 10 heteroatoms. The van der Waals surface area contributed by atoms with Gasteiger partial charge in [-0.1, -0.05) is 6.07 Å². The summed E-state index contributed by atoms with van der Waals surface area (Å²) < 4.78 is 77.5. The zero-order valence-electron chi connectivity index (χ0n) is 14.0. The Morgan fingerprint density at radius 1 is 1.21 bits per heavy atom. The van der Waals surface area contributed by atoms with Gasteiger partial charge in [0.1, 0.15) is 24.2 Å². The van der Waals surface area contributed by atoms with Crippen molar-refractivity contribution < 1.29 is 36.2 Å². The van der Waals surface area contributed by atoms with Crippen LogP contribution in [0.25, 0.3) is 0 Å². The van der Waals surface area contributed by atoms with Crippen molar-refractivity contribution in [3.63, 3.8) is 0 Å². The number of rotatable bonds is 4. The van der Waals surface area contributed by atoms with Crippen LogP contribution in [0.4, 0.5) is 17.6 Å². The number of nitriles is 1. The number of sulfone groups is 1. The van der Waals surface area contributed by atoms with Crippen molar-refractivity contribution in [2.75, 3.05) is 0 Å². The lowest BCUT2D eigenvalue weighted by Gasteiger charge is -2.19. The molecule has 2 aromatic carbocycles. The van der Waals surface area contributed by atoms with Crippen molar-refractivity contribution in [2.24, 2.45) is 0 Å². The van der Waals surface area contributed by atoms with E-state index >= 15 is 0 Å². The quantitative estimate of drug-likeness (QED) is 0.749. The van der Waals surface area contributed by atoms with Crippen LogP contribution < -0.4 is 0 Å². The molecule has 0 bridgehead atoms. The molecule has 1 aliphatic carbocycles. The molecule has 0 amide bonds. The van der Waals surface area contributed by atoms with Crippen LogP contribution in [0.2, 0.25) is 0 Å². The molecule has 0 saturated carbocycles. The molecule has 2 aromatic rings. The van der Waals surface area contributed by atoms with Crippen LogP contribution in [0, 0.1) is 17.1 Å². The Labute approximate surface area is 157 Å². The van der Waals surface area contributed by atoms with Gasteiger partial charge in [-0.05, 0) is 41.0 Å². The van der Waals surface area contributed by atoms with E-state index in [4.69, 9.17) is 5.26 Å². The predicted molar refractivity (Wildman–Crippen MR) is 88.4 cm³/mol. The highest BCUT2D eigenvalue weighted by atomic mass is 32.2. The number of alkyl halides is 3. The number of aliphatic hydroxyl groups excluding tert-OH is 2. The monoisotopic (exact) mass is 415 g/mol. The third kappa shape index (κ3) is 3.26. The molecule has 0 heterocycles. The Bertz CT molecular complexity index is 1080. The summed E-state index contributed by atoms with van der Waals surface area (Å²) >= 11 is 0. The third-order valence-electron chi connectivity index (χ3n) is 4.59. The van der Waals surface area contributed by atoms with E-state index in [2.05, 4.69) is 0 Å². The van der Waals surface area contributed by atoms with Crippen LogP contribution in [0.3, 0.4) is 0 Å². The second-order valence-electron chi connectivity index (χ2n) is 6.30. The molecule has 0 spiro atoms. The first-order valence-corrected chi connectivity index (χ1v) is 9.51. The number of halogens is 4. The molecule has 0 unspecified atom stereocenters. The molecule has 0 saturated heterocycles. The topological polar surface area (TPSA) is 98.4 Å². The van der Waals surface area contributed by atoms with E-state index in [9.17, 15) is 36.2 Å². The SMILES string of the molecule is N#Cc1cc(F)cc([C@@H](O)c2ccc(S(=O)(=O)C(F)F)c3c2C[C@@H](F)[C@H]3O)c1. The maximum absolute atomic E-state index is 14.1. The predicted octanol–water partition coefficient (Wildman–Crippen LogP) is 2.70. The fraction of sp³-hybridized carbons (Fsp3) is 0.278. The first-order chi connectivity index (χ1) is 13.1. The third-order valence-corrected chi connectivity index (χ3v) is 6.03. The highest BCUT2D eigenvalue weighted by molar-refractivity contribution is 7.91. The number of aliphatic hydroxyl groups is 2. The fourth-order valence-corrected chi connectivity index (χ4v) is 4.31. The minimum absolute atomic E-state index is 0.0694. The van der Waals surface area contributed by atoms with Crippen molar-refractivity contribution in [1.29, 1.82) is 5.26 Å². The van der Waals surface area contributed by atoms with Gasteiger partial charge in [0, 0.05) is 12.0 Å². The van der Waals surface area contributed by atoms with Crippen LogP contribution in [0.1, 0.15) is 40.0 Å². The second kappa shape index (κ2) is 7.16. The molecular formula is C18H13F4NO4S. The minimum atomic E-state index is -5.13. The van der Waals surface area contributed by atoms with Gasteiger partial charge in [-0.2, -0.15) is 14.0 Å². The van der Waals surface area contributed by atoms with E-state index in [0.29, 0.717) is 0 Å². The molecule has 148 valence electrons. The number of hydrogen-bond donors (Lipinski definition) is 2. The van der Waals surface area contributed by atoms with E-state index in [1.165, 1.54) is 6.07 Å². The summed E-state index contributed by atoms with van der Waals surface area (Å²) in [5.74, 6) is -4.59. The van der Waals surface area contributed by atoms with Crippen LogP contribution in [0.5, 0.6) is 0 Å². The molecule has 28 heavy (non-hydrogen) atoms. The summed E-state index contributed by atoms with van der Waals surface area (Å²) in [5, 5.41) is 29.5. The smallest absolute Gasteiger partial charge is 0.341 e. The van der Waals surface area contributed by atoms with Crippen LogP contribution in [0.15, 0.2) is 35.2 Å². The van der Waals surface area contributed by atoms with Crippen LogP contribution in [-0.2, 0) is 16.3 Å². The van der Waals surface area contributed by atoms with Gasteiger partial charge in [0.05, 0.1) is 16.5 Å². The average molecular weight is 415 g/mol. The number of hydrogen-bond acceptors (Lipinski definition) is 5. The van der Waals surface area contributed by atoms with Gasteiger partial charge < -0.3 is 10.2 Å². The van der Waals surface area contributed by atoms with Gasteiger partial charge in [-0.3, -0.25) is 0 Å². The lowest BCUT2D eigenvalue weighted by Crippen LogP contribution is -2.17. The van der Waals surface area contributed by atoms with Gasteiger partial charge in [0.15, 0.2) is 0 Å². The Balaban J connectivity index is 2.20. The molecule has 0 radical (unpaired) electrons. The molecule has 5 nitrogen and oxygen atoms in total. The average Bonchev–Trinajstić information content (AvgIpc) is 2.94. The Hall–Kier alpha value is -2.48. The zero-order chi connectivity index (χ0) is 20.8. The summed E-state index contributed by atoms with van der Waals surface area (Å²) in [7, 11) is -5.13. The first-order valence-electron chi connectivity index (χ1n) is 7.96. The van der Waals surface area contributed by atoms with Crippen molar-refractivity contribution >= 4 is 9.84 Å². The first kappa shape index (κ1) is 20.3. The van der Waals surface area contributed by atoms with Gasteiger partial charge in [0.2, 0.25) is 9.84 Å². The summed E-state index contributed by atoms with van der Waals surface area (Å²) in [6.45, 7) is 0. The fourth-order valence-electron chi connectivity index (χ4n) is 3.31. The van der Waals surface area contributed by atoms with Gasteiger partial charge in [-0.25, -0.2) is 17.2 Å². The van der Waals surface area contributed by atoms with E-state index in [0.717, 1.165) is 24.3 Å². The maximum atomic E-state index is 14.1. The standard InChI is InChI=1S/C18H13F4NO4S/c19-10-4-8(7-23)3-9(5-10)16(24)11-1-2-14(28(26,27)18(21)22)15-12(11)6-13(20)17(15)25/h1-5,13,16-18,24-25H,6H2/t13-,16-,17-/m1/s1. The Morgan fingerprint density at radius 3 is 2.50 bits per heavy atom. The lowest BCUT2D eigenvalue weighted by atomic mass is 9.93. The van der Waals surface area contributed by atoms with E-state index < -0.39 is 56.7 Å². The zero-order valence-corrected chi connectivity index (χ0v) is 14.8. The van der Waals surface area contributed by atoms with Crippen LogP contribution >= 0.6 is 0 Å². The van der Waals surface area contributed by atoms with Crippen molar-refractivity contribution in [1.82, 2.24) is 0 Å². The van der Waals surface area contributed by atoms with Gasteiger partial charge in [-0.15, -0.1) is 0 Å². The molecule has 1 aliphatic rings. The Morgan fingerprint density at radius 2 is 1.89 bits per heavy atom. The normalized spacial score (nSPS) is 20.1. The molecule has 3 rings (SSSR count). The Kier molecular flexibility index (Phi) is 5.18. The van der Waals surface area contributed by atoms with Crippen molar-refractivity contribution in [3.05, 3.63) is 64.0 Å².